The molecule has 30 heavy (non-hydrogen) atoms. The zero-order chi connectivity index (χ0) is 21.1. The third-order valence-electron chi connectivity index (χ3n) is 5.27. The normalized spacial score (nSPS) is 17.5. The van der Waals surface area contributed by atoms with Crippen LogP contribution >= 0.6 is 0 Å². The third kappa shape index (κ3) is 3.74. The summed E-state index contributed by atoms with van der Waals surface area (Å²) in [5, 5.41) is 12.9. The Morgan fingerprint density at radius 1 is 1.13 bits per heavy atom. The number of benzene rings is 2. The van der Waals surface area contributed by atoms with E-state index in [-0.39, 0.29) is 0 Å². The molecule has 6 heteroatoms. The number of nitrogens with zero attached hydrogens (tertiary/aromatic N) is 2. The molecule has 1 aromatic heterocycles. The molecule has 0 aliphatic carbocycles. The molecule has 1 aliphatic heterocycles. The maximum Gasteiger partial charge on any atom is 0.336 e. The average Bonchev–Trinajstić information content (AvgIpc) is 3.04. The number of nitrogens with one attached hydrogen (secondary N) is 1. The van der Waals surface area contributed by atoms with Crippen LogP contribution in [0.1, 0.15) is 36.2 Å². The van der Waals surface area contributed by atoms with Gasteiger partial charge in [0.15, 0.2) is 5.82 Å². The van der Waals surface area contributed by atoms with Crippen molar-refractivity contribution >= 4 is 17.5 Å². The maximum atomic E-state index is 11.5. The maximum absolute atomic E-state index is 11.5. The third-order valence-corrected chi connectivity index (χ3v) is 5.27. The molecule has 0 saturated carbocycles. The number of hydrogen-bond acceptors (Lipinski definition) is 5. The highest BCUT2D eigenvalue weighted by Crippen LogP contribution is 2.39. The number of aromatic carboxylic acids is 1. The number of rotatable bonds is 7. The van der Waals surface area contributed by atoms with E-state index in [1.165, 1.54) is 0 Å². The highest BCUT2D eigenvalue weighted by molar-refractivity contribution is 5.96. The molecule has 0 amide bonds. The lowest BCUT2D eigenvalue weighted by atomic mass is 9.98. The first-order chi connectivity index (χ1) is 14.5. The summed E-state index contributed by atoms with van der Waals surface area (Å²) >= 11 is 0. The van der Waals surface area contributed by atoms with Crippen molar-refractivity contribution in [3.05, 3.63) is 78.0 Å². The van der Waals surface area contributed by atoms with Gasteiger partial charge in [-0.15, -0.1) is 0 Å². The molecule has 0 spiro atoms. The second kappa shape index (κ2) is 8.16. The van der Waals surface area contributed by atoms with Gasteiger partial charge in [0.25, 0.3) is 0 Å². The number of hydrogen-bond donors (Lipinski definition) is 2. The summed E-state index contributed by atoms with van der Waals surface area (Å²) in [4.78, 5) is 18.2. The van der Waals surface area contributed by atoms with E-state index >= 15 is 0 Å². The second-order valence-electron chi connectivity index (χ2n) is 7.46. The van der Waals surface area contributed by atoms with Gasteiger partial charge in [0.1, 0.15) is 0 Å². The van der Waals surface area contributed by atoms with Gasteiger partial charge in [-0.3, -0.25) is 0 Å². The summed E-state index contributed by atoms with van der Waals surface area (Å²) in [6.07, 6.45) is 2.71. The van der Waals surface area contributed by atoms with E-state index in [9.17, 15) is 9.90 Å². The van der Waals surface area contributed by atoms with Crippen molar-refractivity contribution in [2.24, 2.45) is 0 Å². The van der Waals surface area contributed by atoms with Crippen LogP contribution in [0.2, 0.25) is 0 Å². The predicted molar refractivity (Wildman–Crippen MR) is 118 cm³/mol. The van der Waals surface area contributed by atoms with E-state index in [4.69, 9.17) is 4.74 Å². The van der Waals surface area contributed by atoms with Crippen molar-refractivity contribution in [2.45, 2.75) is 32.7 Å². The van der Waals surface area contributed by atoms with Gasteiger partial charge < -0.3 is 20.1 Å². The highest BCUT2D eigenvalue weighted by Gasteiger charge is 2.41. The van der Waals surface area contributed by atoms with E-state index in [2.05, 4.69) is 22.1 Å². The summed E-state index contributed by atoms with van der Waals surface area (Å²) in [5.41, 5.74) is 3.91. The Kier molecular flexibility index (Phi) is 5.42. The van der Waals surface area contributed by atoms with E-state index < -0.39 is 11.8 Å². The fraction of sp³-hybridized carbons (Fsp3) is 0.250. The monoisotopic (exact) mass is 403 g/mol. The largest absolute Gasteiger partial charge is 0.478 e. The minimum Gasteiger partial charge on any atom is -0.478 e. The molecule has 1 atom stereocenters. The SMILES string of the molecule is CCCOC1(C)Nc2cccnc2N1Cc1ccc(-c2ccccc2C(=O)O)cc1. The predicted octanol–water partition coefficient (Wildman–Crippen LogP) is 4.98. The lowest BCUT2D eigenvalue weighted by Gasteiger charge is -2.36. The molecule has 2 heterocycles. The van der Waals surface area contributed by atoms with Crippen molar-refractivity contribution in [2.75, 3.05) is 16.8 Å². The van der Waals surface area contributed by atoms with Crippen LogP contribution in [-0.2, 0) is 11.3 Å². The molecule has 0 bridgehead atoms. The van der Waals surface area contributed by atoms with Crippen LogP contribution in [0.15, 0.2) is 66.9 Å². The van der Waals surface area contributed by atoms with Gasteiger partial charge in [-0.1, -0.05) is 49.4 Å². The van der Waals surface area contributed by atoms with E-state index in [1.54, 1.807) is 18.3 Å². The van der Waals surface area contributed by atoms with E-state index in [0.717, 1.165) is 29.1 Å². The average molecular weight is 403 g/mol. The molecular weight excluding hydrogens is 378 g/mol. The number of pyridine rings is 1. The topological polar surface area (TPSA) is 74.7 Å². The van der Waals surface area contributed by atoms with E-state index in [0.29, 0.717) is 24.3 Å². The van der Waals surface area contributed by atoms with Crippen molar-refractivity contribution in [1.82, 2.24) is 4.98 Å². The smallest absolute Gasteiger partial charge is 0.336 e. The van der Waals surface area contributed by atoms with Gasteiger partial charge in [-0.25, -0.2) is 9.78 Å². The molecule has 3 aromatic rings. The number of carboxylic acids is 1. The molecule has 0 fully saturated rings. The highest BCUT2D eigenvalue weighted by atomic mass is 16.5. The molecule has 2 aromatic carbocycles. The lowest BCUT2D eigenvalue weighted by molar-refractivity contribution is -0.00877. The minimum absolute atomic E-state index is 0.299. The fourth-order valence-electron chi connectivity index (χ4n) is 3.76. The summed E-state index contributed by atoms with van der Waals surface area (Å²) in [6.45, 7) is 5.35. The molecular formula is C24H25N3O3. The number of carboxylic acid groups (broad SMARTS) is 1. The van der Waals surface area contributed by atoms with Gasteiger partial charge >= 0.3 is 5.97 Å². The molecule has 1 unspecified atom stereocenters. The Bertz CT molecular complexity index is 1050. The molecule has 4 rings (SSSR count). The summed E-state index contributed by atoms with van der Waals surface area (Å²) in [6, 6.07) is 18.9. The molecule has 1 aliphatic rings. The zero-order valence-electron chi connectivity index (χ0n) is 17.1. The Morgan fingerprint density at radius 3 is 2.63 bits per heavy atom. The first kappa shape index (κ1) is 19.9. The Labute approximate surface area is 176 Å². The van der Waals surface area contributed by atoms with Crippen LogP contribution in [0.3, 0.4) is 0 Å². The van der Waals surface area contributed by atoms with Gasteiger partial charge in [-0.05, 0) is 41.3 Å². The Morgan fingerprint density at radius 2 is 1.90 bits per heavy atom. The number of anilines is 2. The first-order valence-corrected chi connectivity index (χ1v) is 10.1. The number of ether oxygens (including phenoxy) is 1. The van der Waals surface area contributed by atoms with E-state index in [1.807, 2.05) is 55.5 Å². The number of fused-ring (bicyclic) bond motifs is 1. The lowest BCUT2D eigenvalue weighted by Crippen LogP contribution is -2.50. The van der Waals surface area contributed by atoms with Crippen LogP contribution in [0.5, 0.6) is 0 Å². The van der Waals surface area contributed by atoms with Gasteiger partial charge in [0, 0.05) is 19.7 Å². The number of aromatic nitrogens is 1. The van der Waals surface area contributed by atoms with Crippen molar-refractivity contribution in [1.29, 1.82) is 0 Å². The Balaban J connectivity index is 1.61. The summed E-state index contributed by atoms with van der Waals surface area (Å²) < 4.78 is 6.15. The molecule has 2 N–H and O–H groups in total. The van der Waals surface area contributed by atoms with Crippen molar-refractivity contribution in [3.8, 4) is 11.1 Å². The number of carbonyl (C=O) groups is 1. The molecule has 0 radical (unpaired) electrons. The zero-order valence-corrected chi connectivity index (χ0v) is 17.1. The first-order valence-electron chi connectivity index (χ1n) is 10.1. The standard InChI is InChI=1S/C24H25N3O3/c1-3-15-30-24(2)26-21-9-6-14-25-22(21)27(24)16-17-10-12-18(13-11-17)19-7-4-5-8-20(19)23(28)29/h4-14,26H,3,15-16H2,1-2H3,(H,28,29). The molecule has 0 saturated heterocycles. The van der Waals surface area contributed by atoms with Crippen molar-refractivity contribution in [3.63, 3.8) is 0 Å². The van der Waals surface area contributed by atoms with Crippen LogP contribution in [0.25, 0.3) is 11.1 Å². The van der Waals surface area contributed by atoms with Crippen LogP contribution in [-0.4, -0.2) is 28.5 Å². The van der Waals surface area contributed by atoms with Gasteiger partial charge in [-0.2, -0.15) is 0 Å². The molecule has 6 nitrogen and oxygen atoms in total. The van der Waals surface area contributed by atoms with Crippen LogP contribution in [0, 0.1) is 0 Å². The Hall–Kier alpha value is -3.38. The van der Waals surface area contributed by atoms with Gasteiger partial charge in [0.05, 0.1) is 17.9 Å². The molecule has 154 valence electrons. The fourth-order valence-corrected chi connectivity index (χ4v) is 3.76. The summed E-state index contributed by atoms with van der Waals surface area (Å²) in [5.74, 6) is -0.748. The quantitative estimate of drug-likeness (QED) is 0.580. The van der Waals surface area contributed by atoms with Gasteiger partial charge in [0.2, 0.25) is 5.85 Å². The van der Waals surface area contributed by atoms with Crippen molar-refractivity contribution < 1.29 is 14.6 Å². The summed E-state index contributed by atoms with van der Waals surface area (Å²) in [7, 11) is 0. The second-order valence-corrected chi connectivity index (χ2v) is 7.46. The minimum atomic E-state index is -0.927. The van der Waals surface area contributed by atoms with Crippen LogP contribution < -0.4 is 10.2 Å². The van der Waals surface area contributed by atoms with Crippen LogP contribution in [0.4, 0.5) is 11.5 Å².